The smallest absolute Gasteiger partial charge is 0.258 e. The average molecular weight is 340 g/mol. The van der Waals surface area contributed by atoms with Gasteiger partial charge in [0.15, 0.2) is 0 Å². The molecule has 0 radical (unpaired) electrons. The van der Waals surface area contributed by atoms with Crippen molar-refractivity contribution in [3.63, 3.8) is 0 Å². The summed E-state index contributed by atoms with van der Waals surface area (Å²) in [5, 5.41) is 1.21. The Labute approximate surface area is 142 Å². The minimum Gasteiger partial charge on any atom is -0.334 e. The van der Waals surface area contributed by atoms with Crippen LogP contribution in [0.3, 0.4) is 0 Å². The first-order valence-corrected chi connectivity index (χ1v) is 8.55. The van der Waals surface area contributed by atoms with Crippen LogP contribution in [0.1, 0.15) is 16.2 Å². The number of para-hydroxylation sites is 1. The van der Waals surface area contributed by atoms with Gasteiger partial charge in [0.1, 0.15) is 10.9 Å². The Hall–Kier alpha value is -2.67. The summed E-state index contributed by atoms with van der Waals surface area (Å²) >= 11 is 1.42. The lowest BCUT2D eigenvalue weighted by Gasteiger charge is -2.17. The van der Waals surface area contributed by atoms with Crippen molar-refractivity contribution in [1.82, 2.24) is 19.9 Å². The maximum absolute atomic E-state index is 12.6. The standard InChI is InChI=1S/C17H16N4O2S/c1-21(17(23)12-7-5-9-18-16(12)24-2)10-14-19-13-8-4-3-6-11(13)15(22)20-14/h3-9H,10H2,1-2H3,(H,19,20,22). The van der Waals surface area contributed by atoms with E-state index in [0.29, 0.717) is 27.3 Å². The lowest BCUT2D eigenvalue weighted by molar-refractivity contribution is 0.0777. The molecule has 6 nitrogen and oxygen atoms in total. The molecule has 1 aromatic carbocycles. The van der Waals surface area contributed by atoms with Gasteiger partial charge >= 0.3 is 0 Å². The van der Waals surface area contributed by atoms with E-state index in [2.05, 4.69) is 15.0 Å². The molecule has 2 heterocycles. The molecule has 0 spiro atoms. The molecule has 1 N–H and O–H groups in total. The zero-order valence-electron chi connectivity index (χ0n) is 13.3. The summed E-state index contributed by atoms with van der Waals surface area (Å²) in [6.07, 6.45) is 3.53. The number of fused-ring (bicyclic) bond motifs is 1. The van der Waals surface area contributed by atoms with Gasteiger partial charge in [-0.05, 0) is 30.5 Å². The van der Waals surface area contributed by atoms with Crippen molar-refractivity contribution in [2.24, 2.45) is 0 Å². The number of benzene rings is 1. The third kappa shape index (κ3) is 3.16. The number of hydrogen-bond acceptors (Lipinski definition) is 5. The second-order valence-corrected chi connectivity index (χ2v) is 6.05. The Balaban J connectivity index is 1.88. The molecule has 0 bridgehead atoms. The van der Waals surface area contributed by atoms with E-state index in [-0.39, 0.29) is 18.0 Å². The second-order valence-electron chi connectivity index (χ2n) is 5.25. The van der Waals surface area contributed by atoms with Gasteiger partial charge in [-0.2, -0.15) is 0 Å². The number of nitrogens with one attached hydrogen (secondary N) is 1. The number of carbonyl (C=O) groups excluding carboxylic acids is 1. The molecule has 122 valence electrons. The topological polar surface area (TPSA) is 79.0 Å². The number of rotatable bonds is 4. The molecule has 3 aromatic rings. The Kier molecular flexibility index (Phi) is 4.61. The van der Waals surface area contributed by atoms with E-state index < -0.39 is 0 Å². The lowest BCUT2D eigenvalue weighted by Crippen LogP contribution is -2.29. The average Bonchev–Trinajstić information content (AvgIpc) is 2.61. The zero-order valence-corrected chi connectivity index (χ0v) is 14.1. The number of H-pyrrole nitrogens is 1. The molecular weight excluding hydrogens is 324 g/mol. The Morgan fingerprint density at radius 1 is 1.25 bits per heavy atom. The summed E-state index contributed by atoms with van der Waals surface area (Å²) in [5.74, 6) is 0.285. The van der Waals surface area contributed by atoms with Crippen LogP contribution < -0.4 is 5.56 Å². The van der Waals surface area contributed by atoms with Crippen molar-refractivity contribution < 1.29 is 4.79 Å². The highest BCUT2D eigenvalue weighted by Crippen LogP contribution is 2.18. The molecule has 0 aliphatic carbocycles. The number of hydrogen-bond donors (Lipinski definition) is 1. The fourth-order valence-electron chi connectivity index (χ4n) is 2.43. The maximum atomic E-state index is 12.6. The van der Waals surface area contributed by atoms with Crippen LogP contribution in [0.5, 0.6) is 0 Å². The molecule has 0 aliphatic rings. The second kappa shape index (κ2) is 6.84. The fraction of sp³-hybridized carbons (Fsp3) is 0.176. The number of thioether (sulfide) groups is 1. The molecule has 7 heteroatoms. The molecule has 3 rings (SSSR count). The Morgan fingerprint density at radius 3 is 2.83 bits per heavy atom. The van der Waals surface area contributed by atoms with E-state index >= 15 is 0 Å². The molecule has 0 unspecified atom stereocenters. The van der Waals surface area contributed by atoms with Crippen LogP contribution in [0.4, 0.5) is 0 Å². The maximum Gasteiger partial charge on any atom is 0.258 e. The Morgan fingerprint density at radius 2 is 2.04 bits per heavy atom. The van der Waals surface area contributed by atoms with Crippen LogP contribution in [0.2, 0.25) is 0 Å². The van der Waals surface area contributed by atoms with Crippen LogP contribution >= 0.6 is 11.8 Å². The van der Waals surface area contributed by atoms with Crippen molar-refractivity contribution >= 4 is 28.6 Å². The molecule has 0 atom stereocenters. The fourth-order valence-corrected chi connectivity index (χ4v) is 2.97. The molecule has 24 heavy (non-hydrogen) atoms. The van der Waals surface area contributed by atoms with Gasteiger partial charge in [-0.1, -0.05) is 12.1 Å². The Bertz CT molecular complexity index is 954. The molecule has 0 fully saturated rings. The predicted octanol–water partition coefficient (Wildman–Crippen LogP) is 2.31. The normalized spacial score (nSPS) is 10.8. The van der Waals surface area contributed by atoms with Gasteiger partial charge in [-0.3, -0.25) is 9.59 Å². The van der Waals surface area contributed by atoms with Crippen LogP contribution in [0.15, 0.2) is 52.4 Å². The van der Waals surface area contributed by atoms with Crippen molar-refractivity contribution in [3.8, 4) is 0 Å². The van der Waals surface area contributed by atoms with E-state index in [0.717, 1.165) is 0 Å². The summed E-state index contributed by atoms with van der Waals surface area (Å²) in [6, 6.07) is 10.6. The number of aromatic amines is 1. The molecule has 1 amide bonds. The predicted molar refractivity (Wildman–Crippen MR) is 94.2 cm³/mol. The summed E-state index contributed by atoms with van der Waals surface area (Å²) in [4.78, 5) is 37.6. The first kappa shape index (κ1) is 16.2. The van der Waals surface area contributed by atoms with Gasteiger partial charge in [-0.15, -0.1) is 11.8 Å². The molecule has 2 aromatic heterocycles. The number of carbonyl (C=O) groups is 1. The number of aromatic nitrogens is 3. The first-order valence-electron chi connectivity index (χ1n) is 7.32. The van der Waals surface area contributed by atoms with Gasteiger partial charge in [0, 0.05) is 13.2 Å². The summed E-state index contributed by atoms with van der Waals surface area (Å²) in [6.45, 7) is 0.210. The monoisotopic (exact) mass is 340 g/mol. The van der Waals surface area contributed by atoms with Gasteiger partial charge < -0.3 is 9.88 Å². The van der Waals surface area contributed by atoms with Crippen LogP contribution in [-0.2, 0) is 6.54 Å². The third-order valence-electron chi connectivity index (χ3n) is 3.59. The highest BCUT2D eigenvalue weighted by atomic mass is 32.2. The van der Waals surface area contributed by atoms with Gasteiger partial charge in [0.25, 0.3) is 11.5 Å². The number of amides is 1. The van der Waals surface area contributed by atoms with Crippen molar-refractivity contribution in [2.75, 3.05) is 13.3 Å². The summed E-state index contributed by atoms with van der Waals surface area (Å²) in [7, 11) is 1.68. The number of pyridine rings is 1. The summed E-state index contributed by atoms with van der Waals surface area (Å²) < 4.78 is 0. The highest BCUT2D eigenvalue weighted by Gasteiger charge is 2.17. The minimum atomic E-state index is -0.206. The minimum absolute atomic E-state index is 0.164. The van der Waals surface area contributed by atoms with Crippen molar-refractivity contribution in [2.45, 2.75) is 11.6 Å². The first-order chi connectivity index (χ1) is 11.6. The van der Waals surface area contributed by atoms with E-state index in [1.54, 1.807) is 43.6 Å². The van der Waals surface area contributed by atoms with E-state index in [1.807, 2.05) is 12.3 Å². The summed E-state index contributed by atoms with van der Waals surface area (Å²) in [5.41, 5.74) is 0.946. The van der Waals surface area contributed by atoms with E-state index in [1.165, 1.54) is 16.7 Å². The lowest BCUT2D eigenvalue weighted by atomic mass is 10.2. The quantitative estimate of drug-likeness (QED) is 0.737. The van der Waals surface area contributed by atoms with Crippen LogP contribution in [0, 0.1) is 0 Å². The van der Waals surface area contributed by atoms with Crippen molar-refractivity contribution in [3.05, 3.63) is 64.3 Å². The highest BCUT2D eigenvalue weighted by molar-refractivity contribution is 7.98. The zero-order chi connectivity index (χ0) is 17.1. The van der Waals surface area contributed by atoms with Crippen LogP contribution in [0.25, 0.3) is 10.9 Å². The van der Waals surface area contributed by atoms with Gasteiger partial charge in [0.05, 0.1) is 23.0 Å². The largest absolute Gasteiger partial charge is 0.334 e. The molecule has 0 saturated carbocycles. The van der Waals surface area contributed by atoms with Gasteiger partial charge in [-0.25, -0.2) is 9.97 Å². The van der Waals surface area contributed by atoms with Crippen molar-refractivity contribution in [1.29, 1.82) is 0 Å². The SMILES string of the molecule is CSc1ncccc1C(=O)N(C)Cc1nc2ccccc2c(=O)[nH]1. The molecular formula is C17H16N4O2S. The number of nitrogens with zero attached hydrogens (tertiary/aromatic N) is 3. The van der Waals surface area contributed by atoms with Crippen LogP contribution in [-0.4, -0.2) is 39.1 Å². The third-order valence-corrected chi connectivity index (χ3v) is 4.30. The van der Waals surface area contributed by atoms with Gasteiger partial charge in [0.2, 0.25) is 0 Å². The van der Waals surface area contributed by atoms with E-state index in [4.69, 9.17) is 0 Å². The molecule has 0 aliphatic heterocycles. The van der Waals surface area contributed by atoms with E-state index in [9.17, 15) is 9.59 Å². The molecule has 0 saturated heterocycles.